The van der Waals surface area contributed by atoms with Gasteiger partial charge in [0, 0.05) is 11.3 Å². The van der Waals surface area contributed by atoms with Crippen LogP contribution in [0.15, 0.2) is 30.5 Å². The minimum absolute atomic E-state index is 0.163. The van der Waals surface area contributed by atoms with Crippen LogP contribution in [0, 0.1) is 6.92 Å². The average molecular weight is 277 g/mol. The third-order valence-corrected chi connectivity index (χ3v) is 3.42. The number of anilines is 1. The molecule has 6 heteroatoms. The Labute approximate surface area is 114 Å². The fourth-order valence-corrected chi connectivity index (χ4v) is 2.19. The van der Waals surface area contributed by atoms with Crippen molar-refractivity contribution in [1.82, 2.24) is 4.98 Å². The minimum Gasteiger partial charge on any atom is -0.389 e. The van der Waals surface area contributed by atoms with E-state index in [-0.39, 0.29) is 5.91 Å². The molecule has 2 aromatic rings. The maximum Gasteiger partial charge on any atom is 0.267 e. The number of rotatable bonds is 3. The fourth-order valence-electron chi connectivity index (χ4n) is 1.38. The van der Waals surface area contributed by atoms with Crippen LogP contribution in [0.1, 0.15) is 20.2 Å². The smallest absolute Gasteiger partial charge is 0.267 e. The summed E-state index contributed by atoms with van der Waals surface area (Å²) >= 11 is 6.22. The summed E-state index contributed by atoms with van der Waals surface area (Å²) < 4.78 is 0. The van der Waals surface area contributed by atoms with E-state index in [0.29, 0.717) is 15.6 Å². The number of nitrogens with zero attached hydrogens (tertiary/aromatic N) is 1. The van der Waals surface area contributed by atoms with Crippen molar-refractivity contribution in [3.63, 3.8) is 0 Å². The zero-order valence-corrected chi connectivity index (χ0v) is 11.3. The van der Waals surface area contributed by atoms with E-state index in [0.717, 1.165) is 10.6 Å². The molecule has 0 unspecified atom stereocenters. The maximum atomic E-state index is 11.9. The number of aryl methyl sites for hydroxylation is 1. The van der Waals surface area contributed by atoms with Gasteiger partial charge < -0.3 is 11.1 Å². The van der Waals surface area contributed by atoms with Gasteiger partial charge in [-0.2, -0.15) is 0 Å². The Morgan fingerprint density at radius 2 is 2.06 bits per heavy atom. The first-order chi connectivity index (χ1) is 8.56. The van der Waals surface area contributed by atoms with E-state index >= 15 is 0 Å². The van der Waals surface area contributed by atoms with Crippen LogP contribution in [-0.4, -0.2) is 15.9 Å². The number of nitrogens with one attached hydrogen (secondary N) is 1. The molecule has 18 heavy (non-hydrogen) atoms. The molecule has 1 heterocycles. The number of thiazole rings is 1. The van der Waals surface area contributed by atoms with Crippen LogP contribution in [0.4, 0.5) is 5.69 Å². The van der Waals surface area contributed by atoms with Gasteiger partial charge in [0.25, 0.3) is 5.91 Å². The first-order valence-electron chi connectivity index (χ1n) is 5.20. The first-order valence-corrected chi connectivity index (χ1v) is 6.42. The molecule has 92 valence electrons. The highest BCUT2D eigenvalue weighted by Gasteiger charge is 2.09. The molecule has 2 rings (SSSR count). The number of hydrogen-bond donors (Lipinski definition) is 2. The SMILES string of the molecule is Cc1ncc(C(=O)Nc2ccc(C(N)=S)cc2)s1. The highest BCUT2D eigenvalue weighted by molar-refractivity contribution is 7.80. The number of amides is 1. The topological polar surface area (TPSA) is 68.0 Å². The van der Waals surface area contributed by atoms with Gasteiger partial charge >= 0.3 is 0 Å². The predicted octanol–water partition coefficient (Wildman–Crippen LogP) is 2.34. The van der Waals surface area contributed by atoms with Crippen LogP contribution in [0.25, 0.3) is 0 Å². The van der Waals surface area contributed by atoms with Gasteiger partial charge in [0.1, 0.15) is 9.87 Å². The standard InChI is InChI=1S/C12H11N3OS2/c1-7-14-6-10(18-7)12(16)15-9-4-2-8(3-5-9)11(13)17/h2-6H,1H3,(H2,13,17)(H,15,16). The highest BCUT2D eigenvalue weighted by atomic mass is 32.1. The minimum atomic E-state index is -0.163. The van der Waals surface area contributed by atoms with E-state index in [4.69, 9.17) is 18.0 Å². The summed E-state index contributed by atoms with van der Waals surface area (Å²) in [4.78, 5) is 16.8. The lowest BCUT2D eigenvalue weighted by Gasteiger charge is -2.04. The summed E-state index contributed by atoms with van der Waals surface area (Å²) in [6.07, 6.45) is 1.57. The second kappa shape index (κ2) is 5.24. The lowest BCUT2D eigenvalue weighted by Crippen LogP contribution is -2.11. The number of hydrogen-bond acceptors (Lipinski definition) is 4. The number of thiocarbonyl (C=S) groups is 1. The van der Waals surface area contributed by atoms with Gasteiger partial charge in [-0.15, -0.1) is 11.3 Å². The van der Waals surface area contributed by atoms with Crippen LogP contribution in [-0.2, 0) is 0 Å². The van der Waals surface area contributed by atoms with Crippen molar-refractivity contribution < 1.29 is 4.79 Å². The Kier molecular flexibility index (Phi) is 3.69. The summed E-state index contributed by atoms with van der Waals surface area (Å²) in [7, 11) is 0. The van der Waals surface area contributed by atoms with Gasteiger partial charge in [0.05, 0.1) is 11.2 Å². The summed E-state index contributed by atoms with van der Waals surface area (Å²) in [5, 5.41) is 3.65. The average Bonchev–Trinajstić information content (AvgIpc) is 2.76. The monoisotopic (exact) mass is 277 g/mol. The Hall–Kier alpha value is -1.79. The third kappa shape index (κ3) is 2.91. The number of nitrogens with two attached hydrogens (primary N) is 1. The second-order valence-electron chi connectivity index (χ2n) is 3.64. The maximum absolute atomic E-state index is 11.9. The van der Waals surface area contributed by atoms with Crippen molar-refractivity contribution >= 4 is 40.1 Å². The van der Waals surface area contributed by atoms with Crippen molar-refractivity contribution in [1.29, 1.82) is 0 Å². The van der Waals surface area contributed by atoms with Crippen LogP contribution in [0.3, 0.4) is 0 Å². The number of carbonyl (C=O) groups is 1. The molecule has 4 nitrogen and oxygen atoms in total. The van der Waals surface area contributed by atoms with Crippen molar-refractivity contribution in [2.75, 3.05) is 5.32 Å². The second-order valence-corrected chi connectivity index (χ2v) is 5.31. The van der Waals surface area contributed by atoms with Gasteiger partial charge in [-0.25, -0.2) is 4.98 Å². The molecule has 0 saturated carbocycles. The molecule has 0 atom stereocenters. The summed E-state index contributed by atoms with van der Waals surface area (Å²) in [6.45, 7) is 1.86. The summed E-state index contributed by atoms with van der Waals surface area (Å²) in [6, 6.07) is 7.08. The zero-order valence-electron chi connectivity index (χ0n) is 9.64. The first kappa shape index (κ1) is 12.7. The van der Waals surface area contributed by atoms with Crippen LogP contribution >= 0.6 is 23.6 Å². The van der Waals surface area contributed by atoms with E-state index in [9.17, 15) is 4.79 Å². The van der Waals surface area contributed by atoms with Crippen molar-refractivity contribution in [2.45, 2.75) is 6.92 Å². The van der Waals surface area contributed by atoms with Gasteiger partial charge in [-0.05, 0) is 31.2 Å². The summed E-state index contributed by atoms with van der Waals surface area (Å²) in [5.74, 6) is -0.163. The molecule has 3 N–H and O–H groups in total. The molecule has 0 spiro atoms. The molecule has 0 saturated heterocycles. The molecule has 0 fully saturated rings. The molecular formula is C12H11N3OS2. The highest BCUT2D eigenvalue weighted by Crippen LogP contribution is 2.15. The van der Waals surface area contributed by atoms with Crippen molar-refractivity contribution in [3.05, 3.63) is 45.9 Å². The molecule has 0 aliphatic heterocycles. The number of carbonyl (C=O) groups excluding carboxylic acids is 1. The zero-order chi connectivity index (χ0) is 13.1. The molecular weight excluding hydrogens is 266 g/mol. The van der Waals surface area contributed by atoms with Crippen molar-refractivity contribution in [3.8, 4) is 0 Å². The predicted molar refractivity (Wildman–Crippen MR) is 77.1 cm³/mol. The molecule has 0 aliphatic carbocycles. The van der Waals surface area contributed by atoms with Gasteiger partial charge in [0.15, 0.2) is 0 Å². The van der Waals surface area contributed by atoms with E-state index in [1.807, 2.05) is 6.92 Å². The van der Waals surface area contributed by atoms with Crippen LogP contribution < -0.4 is 11.1 Å². The van der Waals surface area contributed by atoms with E-state index in [2.05, 4.69) is 10.3 Å². The normalized spacial score (nSPS) is 10.1. The van der Waals surface area contributed by atoms with E-state index < -0.39 is 0 Å². The fraction of sp³-hybridized carbons (Fsp3) is 0.0833. The number of benzene rings is 1. The molecule has 1 aromatic carbocycles. The quantitative estimate of drug-likeness (QED) is 0.845. The molecule has 1 amide bonds. The van der Waals surface area contributed by atoms with E-state index in [1.54, 1.807) is 30.5 Å². The molecule has 0 radical (unpaired) electrons. The molecule has 0 bridgehead atoms. The Morgan fingerprint density at radius 3 is 2.56 bits per heavy atom. The lowest BCUT2D eigenvalue weighted by atomic mass is 10.2. The lowest BCUT2D eigenvalue weighted by molar-refractivity contribution is 0.103. The van der Waals surface area contributed by atoms with Crippen LogP contribution in [0.5, 0.6) is 0 Å². The third-order valence-electron chi connectivity index (χ3n) is 2.27. The Morgan fingerprint density at radius 1 is 1.39 bits per heavy atom. The van der Waals surface area contributed by atoms with Gasteiger partial charge in [0.2, 0.25) is 0 Å². The van der Waals surface area contributed by atoms with Crippen molar-refractivity contribution in [2.24, 2.45) is 5.73 Å². The Balaban J connectivity index is 2.10. The Bertz CT molecular complexity index is 590. The van der Waals surface area contributed by atoms with E-state index in [1.165, 1.54) is 11.3 Å². The van der Waals surface area contributed by atoms with Crippen LogP contribution in [0.2, 0.25) is 0 Å². The largest absolute Gasteiger partial charge is 0.389 e. The van der Waals surface area contributed by atoms with Gasteiger partial charge in [-0.1, -0.05) is 12.2 Å². The van der Waals surface area contributed by atoms with Gasteiger partial charge in [-0.3, -0.25) is 4.79 Å². The number of aromatic nitrogens is 1. The summed E-state index contributed by atoms with van der Waals surface area (Å²) in [5.41, 5.74) is 6.97. The molecule has 0 aliphatic rings. The molecule has 1 aromatic heterocycles.